The Morgan fingerprint density at radius 2 is 1.98 bits per heavy atom. The molecule has 3 N–H and O–H groups in total. The van der Waals surface area contributed by atoms with E-state index in [0.717, 1.165) is 0 Å². The molecule has 14 heteroatoms. The monoisotopic (exact) mass is 620 g/mol. The first kappa shape index (κ1) is 29.0. The van der Waals surface area contributed by atoms with Crippen molar-refractivity contribution in [3.8, 4) is 0 Å². The molecule has 2 saturated heterocycles. The fourth-order valence-electron chi connectivity index (χ4n) is 5.18. The maximum atomic E-state index is 13.4. The number of carbonyl (C=O) groups excluding carboxylic acids is 1. The van der Waals surface area contributed by atoms with Gasteiger partial charge in [-0.05, 0) is 36.6 Å². The molecule has 0 spiro atoms. The van der Waals surface area contributed by atoms with E-state index in [2.05, 4.69) is 20.9 Å². The average Bonchev–Trinajstić information content (AvgIpc) is 3.47. The molecule has 216 valence electrons. The van der Waals surface area contributed by atoms with E-state index in [0.29, 0.717) is 56.9 Å². The van der Waals surface area contributed by atoms with Crippen LogP contribution in [-0.2, 0) is 18.4 Å². The lowest BCUT2D eigenvalue weighted by molar-refractivity contribution is -0.176. The predicted octanol–water partition coefficient (Wildman–Crippen LogP) is 6.37. The summed E-state index contributed by atoms with van der Waals surface area (Å²) in [5.74, 6) is -1.35. The number of aromatic nitrogens is 2. The summed E-state index contributed by atoms with van der Waals surface area (Å²) in [4.78, 5) is 18.7. The number of alkyl halides is 4. The lowest BCUT2D eigenvalue weighted by atomic mass is 9.97. The number of aryl methyl sites for hydroxylation is 1. The molecule has 0 aliphatic carbocycles. The molecule has 2 aromatic carbocycles. The van der Waals surface area contributed by atoms with Gasteiger partial charge in [0.15, 0.2) is 0 Å². The van der Waals surface area contributed by atoms with Crippen molar-refractivity contribution in [2.45, 2.75) is 44.2 Å². The number of hydrogen-bond donors (Lipinski definition) is 3. The summed E-state index contributed by atoms with van der Waals surface area (Å²) in [6.07, 6.45) is -4.69. The Bertz CT molecular complexity index is 1430. The third-order valence-electron chi connectivity index (χ3n) is 7.43. The number of fused-ring (bicyclic) bond motifs is 1. The zero-order valence-corrected chi connectivity index (χ0v) is 23.7. The highest BCUT2D eigenvalue weighted by Crippen LogP contribution is 2.40. The zero-order chi connectivity index (χ0) is 28.8. The van der Waals surface area contributed by atoms with E-state index in [1.165, 1.54) is 0 Å². The standard InChI is InChI=1S/C26H27Cl3F4N6O/c1-38-21-9-20(39-6-2-3-14(12-39)26(31,32)33)17(28)8-18(21)36-25(38)37-23-16(27)5-4-13(22(23)29)10-35-24(40)19-7-15(30)11-34-19/h4-5,8-9,14-15,19,34H,2-3,6-7,10-12H2,1H3,(H,35,40)(H,36,37). The molecular weight excluding hydrogens is 595 g/mol. The van der Waals surface area contributed by atoms with Crippen molar-refractivity contribution in [1.82, 2.24) is 20.2 Å². The smallest absolute Gasteiger partial charge is 0.370 e. The van der Waals surface area contributed by atoms with Crippen LogP contribution in [0.1, 0.15) is 24.8 Å². The molecule has 40 heavy (non-hydrogen) atoms. The molecule has 2 aliphatic rings. The molecule has 1 amide bonds. The molecule has 1 aromatic heterocycles. The third-order valence-corrected chi connectivity index (χ3v) is 8.48. The quantitative estimate of drug-likeness (QED) is 0.279. The van der Waals surface area contributed by atoms with Crippen molar-refractivity contribution in [2.75, 3.05) is 29.9 Å². The number of nitrogens with one attached hydrogen (secondary N) is 3. The average molecular weight is 622 g/mol. The molecule has 2 aliphatic heterocycles. The van der Waals surface area contributed by atoms with Gasteiger partial charge < -0.3 is 25.4 Å². The Kier molecular flexibility index (Phi) is 8.29. The highest BCUT2D eigenvalue weighted by molar-refractivity contribution is 6.39. The van der Waals surface area contributed by atoms with Gasteiger partial charge in [0.25, 0.3) is 0 Å². The maximum Gasteiger partial charge on any atom is 0.393 e. The topological polar surface area (TPSA) is 74.2 Å². The van der Waals surface area contributed by atoms with Gasteiger partial charge in [-0.15, -0.1) is 0 Å². The Labute approximate surface area is 243 Å². The van der Waals surface area contributed by atoms with Crippen LogP contribution in [-0.4, -0.2) is 53.5 Å². The molecule has 3 aromatic rings. The van der Waals surface area contributed by atoms with E-state index < -0.39 is 24.3 Å². The SMILES string of the molecule is Cn1c(Nc2c(Cl)ccc(CNC(=O)C3CC(F)CN3)c2Cl)nc2cc(Cl)c(N3CCCC(C(F)(F)F)C3)cc21. The van der Waals surface area contributed by atoms with Crippen LogP contribution in [0.4, 0.5) is 34.9 Å². The van der Waals surface area contributed by atoms with Crippen LogP contribution < -0.4 is 20.9 Å². The summed E-state index contributed by atoms with van der Waals surface area (Å²) < 4.78 is 55.3. The highest BCUT2D eigenvalue weighted by atomic mass is 35.5. The van der Waals surface area contributed by atoms with Crippen molar-refractivity contribution < 1.29 is 22.4 Å². The number of anilines is 3. The van der Waals surface area contributed by atoms with Crippen molar-refractivity contribution in [1.29, 1.82) is 0 Å². The van der Waals surface area contributed by atoms with Gasteiger partial charge in [0, 0.05) is 39.6 Å². The number of piperidine rings is 1. The predicted molar refractivity (Wildman–Crippen MR) is 150 cm³/mol. The van der Waals surface area contributed by atoms with E-state index >= 15 is 0 Å². The summed E-state index contributed by atoms with van der Waals surface area (Å²) in [7, 11) is 1.75. The van der Waals surface area contributed by atoms with Gasteiger partial charge in [-0.25, -0.2) is 9.37 Å². The number of benzene rings is 2. The first-order valence-electron chi connectivity index (χ1n) is 12.8. The van der Waals surface area contributed by atoms with E-state index in [9.17, 15) is 22.4 Å². The molecule has 7 nitrogen and oxygen atoms in total. The summed E-state index contributed by atoms with van der Waals surface area (Å²) in [6, 6.07) is 6.09. The summed E-state index contributed by atoms with van der Waals surface area (Å²) in [5.41, 5.74) is 2.66. The van der Waals surface area contributed by atoms with Gasteiger partial charge >= 0.3 is 6.18 Å². The number of hydrogen-bond acceptors (Lipinski definition) is 5. The minimum Gasteiger partial charge on any atom is -0.370 e. The lowest BCUT2D eigenvalue weighted by Crippen LogP contribution is -2.41. The van der Waals surface area contributed by atoms with Crippen LogP contribution in [0.3, 0.4) is 0 Å². The van der Waals surface area contributed by atoms with E-state index in [-0.39, 0.29) is 43.4 Å². The maximum absolute atomic E-state index is 13.4. The van der Waals surface area contributed by atoms with Crippen molar-refractivity contribution in [3.05, 3.63) is 44.9 Å². The Balaban J connectivity index is 1.37. The summed E-state index contributed by atoms with van der Waals surface area (Å²) in [5, 5.41) is 9.64. The highest BCUT2D eigenvalue weighted by Gasteiger charge is 2.42. The Morgan fingerprint density at radius 1 is 1.20 bits per heavy atom. The van der Waals surface area contributed by atoms with Crippen LogP contribution in [0.25, 0.3) is 11.0 Å². The van der Waals surface area contributed by atoms with Gasteiger partial charge in [0.2, 0.25) is 11.9 Å². The normalized spacial score (nSPS) is 21.7. The summed E-state index contributed by atoms with van der Waals surface area (Å²) in [6.45, 7) is 0.567. The Hall–Kier alpha value is -2.47. The fourth-order valence-corrected chi connectivity index (χ4v) is 5.98. The van der Waals surface area contributed by atoms with Crippen LogP contribution in [0.15, 0.2) is 24.3 Å². The fraction of sp³-hybridized carbons (Fsp3) is 0.462. The number of amides is 1. The third kappa shape index (κ3) is 5.93. The number of imidazole rings is 1. The first-order chi connectivity index (χ1) is 18.9. The van der Waals surface area contributed by atoms with Crippen LogP contribution in [0.5, 0.6) is 0 Å². The molecule has 3 heterocycles. The minimum absolute atomic E-state index is 0.0967. The van der Waals surface area contributed by atoms with Crippen LogP contribution in [0.2, 0.25) is 15.1 Å². The zero-order valence-electron chi connectivity index (χ0n) is 21.4. The Morgan fingerprint density at radius 3 is 2.67 bits per heavy atom. The summed E-state index contributed by atoms with van der Waals surface area (Å²) >= 11 is 19.6. The second-order valence-corrected chi connectivity index (χ2v) is 11.3. The first-order valence-corrected chi connectivity index (χ1v) is 13.9. The minimum atomic E-state index is -4.26. The molecule has 0 radical (unpaired) electrons. The second-order valence-electron chi connectivity index (χ2n) is 10.1. The van der Waals surface area contributed by atoms with Crippen LogP contribution in [0, 0.1) is 5.92 Å². The molecule has 0 bridgehead atoms. The number of carbonyl (C=O) groups is 1. The van der Waals surface area contributed by atoms with Gasteiger partial charge in [0.05, 0.1) is 49.4 Å². The van der Waals surface area contributed by atoms with Crippen molar-refractivity contribution >= 4 is 69.1 Å². The van der Waals surface area contributed by atoms with Gasteiger partial charge in [-0.2, -0.15) is 13.2 Å². The van der Waals surface area contributed by atoms with Crippen molar-refractivity contribution in [2.24, 2.45) is 13.0 Å². The number of rotatable bonds is 6. The van der Waals surface area contributed by atoms with Gasteiger partial charge in [-0.1, -0.05) is 40.9 Å². The molecule has 2 fully saturated rings. The van der Waals surface area contributed by atoms with E-state index in [1.54, 1.807) is 40.8 Å². The van der Waals surface area contributed by atoms with Crippen molar-refractivity contribution in [3.63, 3.8) is 0 Å². The van der Waals surface area contributed by atoms with Crippen LogP contribution >= 0.6 is 34.8 Å². The second kappa shape index (κ2) is 11.4. The number of nitrogens with zero attached hydrogens (tertiary/aromatic N) is 3. The van der Waals surface area contributed by atoms with E-state index in [1.807, 2.05) is 0 Å². The molecule has 0 saturated carbocycles. The molecule has 3 unspecified atom stereocenters. The molecule has 5 rings (SSSR count). The largest absolute Gasteiger partial charge is 0.393 e. The van der Waals surface area contributed by atoms with Gasteiger partial charge in [0.1, 0.15) is 6.17 Å². The molecular formula is C26H27Cl3F4N6O. The number of halogens is 7. The van der Waals surface area contributed by atoms with E-state index in [4.69, 9.17) is 34.8 Å². The van der Waals surface area contributed by atoms with Gasteiger partial charge in [-0.3, -0.25) is 4.79 Å². The lowest BCUT2D eigenvalue weighted by Gasteiger charge is -2.35. The molecule has 3 atom stereocenters.